The maximum absolute atomic E-state index is 13.4. The number of hydrogen-bond donors (Lipinski definition) is 1. The van der Waals surface area contributed by atoms with Crippen LogP contribution in [0.4, 0.5) is 19.0 Å². The van der Waals surface area contributed by atoms with Gasteiger partial charge in [0.1, 0.15) is 0 Å². The molecule has 1 aliphatic rings. The maximum atomic E-state index is 13.4. The number of aromatic nitrogens is 6. The number of halogens is 3. The van der Waals surface area contributed by atoms with Gasteiger partial charge in [0, 0.05) is 53.6 Å². The number of alkyl halides is 3. The predicted molar refractivity (Wildman–Crippen MR) is 118 cm³/mol. The molecule has 1 N–H and O–H groups in total. The smallest absolute Gasteiger partial charge is 0.350 e. The Bertz CT molecular complexity index is 1380. The number of pyridine rings is 1. The average molecular weight is 488 g/mol. The van der Waals surface area contributed by atoms with Crippen LogP contribution < -0.4 is 10.2 Å². The zero-order valence-electron chi connectivity index (χ0n) is 18.2. The molecular weight excluding hydrogens is 469 g/mol. The van der Waals surface area contributed by atoms with Crippen molar-refractivity contribution < 1.29 is 18.0 Å². The Morgan fingerprint density at radius 3 is 2.76 bits per heavy atom. The zero-order valence-corrected chi connectivity index (χ0v) is 19.0. The van der Waals surface area contributed by atoms with Gasteiger partial charge in [-0.25, -0.2) is 0 Å². The second-order valence-electron chi connectivity index (χ2n) is 7.98. The minimum atomic E-state index is -4.68. The van der Waals surface area contributed by atoms with E-state index >= 15 is 0 Å². The summed E-state index contributed by atoms with van der Waals surface area (Å²) in [5.74, 6) is -1.00. The van der Waals surface area contributed by atoms with Gasteiger partial charge in [0.15, 0.2) is 11.5 Å². The number of aryl methyl sites for hydroxylation is 1. The third-order valence-corrected chi connectivity index (χ3v) is 6.61. The number of nitrogens with one attached hydrogen (secondary N) is 1. The van der Waals surface area contributed by atoms with Crippen molar-refractivity contribution in [3.05, 3.63) is 62.6 Å². The van der Waals surface area contributed by atoms with Crippen LogP contribution in [0.5, 0.6) is 0 Å². The minimum Gasteiger partial charge on any atom is -0.350 e. The van der Waals surface area contributed by atoms with Crippen LogP contribution in [0.1, 0.15) is 43.4 Å². The molecule has 1 amide bonds. The highest BCUT2D eigenvalue weighted by Gasteiger charge is 2.38. The lowest BCUT2D eigenvalue weighted by atomic mass is 10.0. The molecule has 4 aromatic rings. The standard InChI is InChI=1S/C21H19F3N8OS/c1-11-12(2)18(30-32-17(11)28-29-20(32)21(22,23)24)31-4-3-16-14(9-31)5-13(6-26-16)19(33)27-8-15-7-25-10-34-15/h5-7,10H,3-4,8-9H2,1-2H3,(H,27,33). The van der Waals surface area contributed by atoms with E-state index in [0.29, 0.717) is 43.0 Å². The van der Waals surface area contributed by atoms with Crippen LogP contribution in [0, 0.1) is 13.8 Å². The fraction of sp³-hybridized carbons (Fsp3) is 0.333. The summed E-state index contributed by atoms with van der Waals surface area (Å²) in [7, 11) is 0. The Balaban J connectivity index is 1.43. The summed E-state index contributed by atoms with van der Waals surface area (Å²) in [6.45, 7) is 4.77. The molecule has 0 atom stereocenters. The van der Waals surface area contributed by atoms with Gasteiger partial charge < -0.3 is 10.2 Å². The summed E-state index contributed by atoms with van der Waals surface area (Å²) in [5, 5.41) is 14.1. The number of carbonyl (C=O) groups is 1. The lowest BCUT2D eigenvalue weighted by Crippen LogP contribution is -2.33. The molecule has 0 saturated heterocycles. The molecule has 176 valence electrons. The molecule has 13 heteroatoms. The molecule has 5 rings (SSSR count). The van der Waals surface area contributed by atoms with Crippen molar-refractivity contribution in [2.75, 3.05) is 11.4 Å². The highest BCUT2D eigenvalue weighted by molar-refractivity contribution is 7.09. The molecule has 0 unspecified atom stereocenters. The first-order valence-electron chi connectivity index (χ1n) is 10.4. The quantitative estimate of drug-likeness (QED) is 0.471. The lowest BCUT2D eigenvalue weighted by Gasteiger charge is -2.30. The van der Waals surface area contributed by atoms with Crippen LogP contribution in [0.15, 0.2) is 24.0 Å². The fourth-order valence-electron chi connectivity index (χ4n) is 3.92. The normalized spacial score (nSPS) is 13.9. The highest BCUT2D eigenvalue weighted by Crippen LogP contribution is 2.32. The monoisotopic (exact) mass is 488 g/mol. The maximum Gasteiger partial charge on any atom is 0.453 e. The number of amides is 1. The van der Waals surface area contributed by atoms with Crippen LogP contribution in [-0.4, -0.2) is 42.2 Å². The van der Waals surface area contributed by atoms with E-state index in [-0.39, 0.29) is 11.6 Å². The van der Waals surface area contributed by atoms with Crippen molar-refractivity contribution in [1.82, 2.24) is 35.1 Å². The van der Waals surface area contributed by atoms with E-state index in [9.17, 15) is 18.0 Å². The number of anilines is 1. The molecule has 1 aliphatic heterocycles. The SMILES string of the molecule is Cc1c(N2CCc3ncc(C(=O)NCc4cncs4)cc3C2)nn2c(C(F)(F)F)nnc2c1C. The number of carbonyl (C=O) groups excluding carboxylic acids is 1. The average Bonchev–Trinajstić information content (AvgIpc) is 3.49. The summed E-state index contributed by atoms with van der Waals surface area (Å²) in [6, 6.07) is 1.77. The van der Waals surface area contributed by atoms with E-state index in [1.54, 1.807) is 37.8 Å². The van der Waals surface area contributed by atoms with E-state index in [2.05, 4.69) is 30.6 Å². The Labute approximate surface area is 195 Å². The number of fused-ring (bicyclic) bond motifs is 2. The molecular formula is C21H19F3N8OS. The second-order valence-corrected chi connectivity index (χ2v) is 8.95. The third kappa shape index (κ3) is 3.95. The highest BCUT2D eigenvalue weighted by atomic mass is 32.1. The fourth-order valence-corrected chi connectivity index (χ4v) is 4.46. The van der Waals surface area contributed by atoms with Gasteiger partial charge in [0.2, 0.25) is 0 Å². The van der Waals surface area contributed by atoms with Gasteiger partial charge in [0.25, 0.3) is 11.7 Å². The van der Waals surface area contributed by atoms with Crippen molar-refractivity contribution in [2.24, 2.45) is 0 Å². The molecule has 34 heavy (non-hydrogen) atoms. The molecule has 0 bridgehead atoms. The van der Waals surface area contributed by atoms with Gasteiger partial charge in [-0.2, -0.15) is 17.7 Å². The van der Waals surface area contributed by atoms with Crippen LogP contribution in [0.3, 0.4) is 0 Å². The van der Waals surface area contributed by atoms with Crippen molar-refractivity contribution in [3.8, 4) is 0 Å². The van der Waals surface area contributed by atoms with Crippen LogP contribution in [-0.2, 0) is 25.7 Å². The van der Waals surface area contributed by atoms with E-state index in [1.807, 2.05) is 4.90 Å². The molecule has 0 aromatic carbocycles. The number of nitrogens with zero attached hydrogens (tertiary/aromatic N) is 7. The molecule has 0 aliphatic carbocycles. The molecule has 0 saturated carbocycles. The molecule has 0 radical (unpaired) electrons. The van der Waals surface area contributed by atoms with Crippen LogP contribution >= 0.6 is 11.3 Å². The predicted octanol–water partition coefficient (Wildman–Crippen LogP) is 3.10. The number of rotatable bonds is 4. The van der Waals surface area contributed by atoms with Gasteiger partial charge >= 0.3 is 6.18 Å². The minimum absolute atomic E-state index is 0.0764. The number of hydrogen-bond acceptors (Lipinski definition) is 8. The zero-order chi connectivity index (χ0) is 24.0. The Morgan fingerprint density at radius 2 is 2.03 bits per heavy atom. The Kier molecular flexibility index (Phi) is 5.42. The Morgan fingerprint density at radius 1 is 1.21 bits per heavy atom. The van der Waals surface area contributed by atoms with E-state index < -0.39 is 12.0 Å². The molecule has 5 heterocycles. The van der Waals surface area contributed by atoms with Crippen LogP contribution in [0.2, 0.25) is 0 Å². The summed E-state index contributed by atoms with van der Waals surface area (Å²) >= 11 is 1.45. The summed E-state index contributed by atoms with van der Waals surface area (Å²) < 4.78 is 41.0. The van der Waals surface area contributed by atoms with Crippen molar-refractivity contribution in [2.45, 2.75) is 39.5 Å². The largest absolute Gasteiger partial charge is 0.453 e. The summed E-state index contributed by atoms with van der Waals surface area (Å²) in [5.41, 5.74) is 5.17. The second kappa shape index (κ2) is 8.31. The number of thiazole rings is 1. The van der Waals surface area contributed by atoms with E-state index in [1.165, 1.54) is 11.3 Å². The van der Waals surface area contributed by atoms with Crippen molar-refractivity contribution in [1.29, 1.82) is 0 Å². The van der Waals surface area contributed by atoms with Gasteiger partial charge in [-0.15, -0.1) is 26.6 Å². The first-order chi connectivity index (χ1) is 16.2. The summed E-state index contributed by atoms with van der Waals surface area (Å²) in [4.78, 5) is 23.9. The van der Waals surface area contributed by atoms with Gasteiger partial charge in [0.05, 0.1) is 17.6 Å². The van der Waals surface area contributed by atoms with Crippen molar-refractivity contribution in [3.63, 3.8) is 0 Å². The van der Waals surface area contributed by atoms with Gasteiger partial charge in [-0.1, -0.05) is 0 Å². The van der Waals surface area contributed by atoms with Crippen molar-refractivity contribution >= 4 is 28.7 Å². The first kappa shape index (κ1) is 22.2. The molecule has 0 spiro atoms. The van der Waals surface area contributed by atoms with E-state index in [0.717, 1.165) is 26.2 Å². The van der Waals surface area contributed by atoms with Gasteiger partial charge in [-0.3, -0.25) is 14.8 Å². The van der Waals surface area contributed by atoms with Gasteiger partial charge in [-0.05, 0) is 25.5 Å². The summed E-state index contributed by atoms with van der Waals surface area (Å²) in [6.07, 6.45) is -0.860. The molecule has 0 fully saturated rings. The molecule has 9 nitrogen and oxygen atoms in total. The Hall–Kier alpha value is -3.61. The lowest BCUT2D eigenvalue weighted by molar-refractivity contribution is -0.146. The first-order valence-corrected chi connectivity index (χ1v) is 11.3. The molecule has 4 aromatic heterocycles. The third-order valence-electron chi connectivity index (χ3n) is 5.83. The van der Waals surface area contributed by atoms with Crippen LogP contribution in [0.25, 0.3) is 5.65 Å². The topological polar surface area (TPSA) is 101 Å². The van der Waals surface area contributed by atoms with E-state index in [4.69, 9.17) is 0 Å².